The minimum absolute atomic E-state index is 0.0581. The van der Waals surface area contributed by atoms with Gasteiger partial charge in [-0.2, -0.15) is 0 Å². The van der Waals surface area contributed by atoms with E-state index in [-0.39, 0.29) is 24.5 Å². The summed E-state index contributed by atoms with van der Waals surface area (Å²) in [6, 6.07) is 16.9. The molecule has 11 heteroatoms. The molecule has 0 bridgehead atoms. The Labute approximate surface area is 266 Å². The Morgan fingerprint density at radius 3 is 2.64 bits per heavy atom. The van der Waals surface area contributed by atoms with Gasteiger partial charge < -0.3 is 26.4 Å². The lowest BCUT2D eigenvalue weighted by atomic mass is 9.97. The molecule has 3 heterocycles. The van der Waals surface area contributed by atoms with E-state index in [1.54, 1.807) is 18.5 Å². The number of aromatic nitrogens is 2. The SMILES string of the molecule is Cc1c(NC(=O)c2ccc(CNCCO)cn2)cccc1-c1ccnc(-c2ccc(CNC[C@@H]3CCC(=O)N3)c(Cl)c2)c1Cl. The van der Waals surface area contributed by atoms with Gasteiger partial charge in [0.05, 0.1) is 17.3 Å². The number of carbonyl (C=O) groups excluding carboxylic acids is 2. The van der Waals surface area contributed by atoms with Crippen molar-refractivity contribution in [2.24, 2.45) is 0 Å². The average molecular weight is 634 g/mol. The van der Waals surface area contributed by atoms with Gasteiger partial charge in [-0.05, 0) is 59.9 Å². The third-order valence-electron chi connectivity index (χ3n) is 7.55. The number of hydrogen-bond donors (Lipinski definition) is 5. The van der Waals surface area contributed by atoms with E-state index >= 15 is 0 Å². The van der Waals surface area contributed by atoms with Crippen molar-refractivity contribution < 1.29 is 14.7 Å². The predicted molar refractivity (Wildman–Crippen MR) is 174 cm³/mol. The van der Waals surface area contributed by atoms with E-state index in [1.165, 1.54) is 0 Å². The molecule has 2 amide bonds. The number of anilines is 1. The molecular weight excluding hydrogens is 599 g/mol. The molecule has 1 atom stereocenters. The highest BCUT2D eigenvalue weighted by Gasteiger charge is 2.20. The predicted octanol–water partition coefficient (Wildman–Crippen LogP) is 5.13. The van der Waals surface area contributed by atoms with Crippen molar-refractivity contribution in [1.82, 2.24) is 25.9 Å². The highest BCUT2D eigenvalue weighted by molar-refractivity contribution is 6.36. The zero-order chi connectivity index (χ0) is 31.1. The molecular formula is C33H34Cl2N6O3. The zero-order valence-corrected chi connectivity index (χ0v) is 25.8. The quantitative estimate of drug-likeness (QED) is 0.137. The third-order valence-corrected chi connectivity index (χ3v) is 8.29. The number of hydrogen-bond acceptors (Lipinski definition) is 7. The molecule has 0 unspecified atom stereocenters. The van der Waals surface area contributed by atoms with Gasteiger partial charge in [0.1, 0.15) is 5.69 Å². The van der Waals surface area contributed by atoms with Crippen molar-refractivity contribution in [1.29, 1.82) is 0 Å². The normalized spacial score (nSPS) is 14.5. The van der Waals surface area contributed by atoms with E-state index < -0.39 is 0 Å². The number of nitrogens with one attached hydrogen (secondary N) is 4. The number of pyridine rings is 2. The van der Waals surface area contributed by atoms with Crippen molar-refractivity contribution in [3.63, 3.8) is 0 Å². The van der Waals surface area contributed by atoms with Gasteiger partial charge in [-0.3, -0.25) is 19.6 Å². The van der Waals surface area contributed by atoms with Crippen LogP contribution in [0.25, 0.3) is 22.4 Å². The maximum Gasteiger partial charge on any atom is 0.274 e. The maximum absolute atomic E-state index is 13.0. The molecule has 0 saturated carbocycles. The molecule has 1 aliphatic heterocycles. The third kappa shape index (κ3) is 7.61. The van der Waals surface area contributed by atoms with E-state index in [0.29, 0.717) is 59.7 Å². The topological polar surface area (TPSA) is 128 Å². The summed E-state index contributed by atoms with van der Waals surface area (Å²) in [7, 11) is 0. The maximum atomic E-state index is 13.0. The summed E-state index contributed by atoms with van der Waals surface area (Å²) in [6.07, 6.45) is 4.77. The molecule has 0 spiro atoms. The number of amides is 2. The van der Waals surface area contributed by atoms with E-state index in [1.807, 2.05) is 55.5 Å². The largest absolute Gasteiger partial charge is 0.395 e. The molecule has 5 rings (SSSR count). The molecule has 1 saturated heterocycles. The van der Waals surface area contributed by atoms with E-state index in [9.17, 15) is 9.59 Å². The second kappa shape index (κ2) is 14.7. The summed E-state index contributed by atoms with van der Waals surface area (Å²) in [5.41, 5.74) is 6.68. The Morgan fingerprint density at radius 1 is 1.05 bits per heavy atom. The van der Waals surface area contributed by atoms with Gasteiger partial charge in [0.2, 0.25) is 5.91 Å². The van der Waals surface area contributed by atoms with Gasteiger partial charge in [-0.25, -0.2) is 0 Å². The molecule has 5 N–H and O–H groups in total. The lowest BCUT2D eigenvalue weighted by Crippen LogP contribution is -2.35. The molecule has 9 nitrogen and oxygen atoms in total. The van der Waals surface area contributed by atoms with Crippen LogP contribution in [0.5, 0.6) is 0 Å². The summed E-state index contributed by atoms with van der Waals surface area (Å²) in [5, 5.41) is 22.4. The van der Waals surface area contributed by atoms with Gasteiger partial charge >= 0.3 is 0 Å². The standard InChI is InChI=1S/C33H34Cl2N6O3/c1-20-25(3-2-4-28(20)41-33(44)29-9-5-21(17-39-29)16-36-13-14-42)26-11-12-38-32(31(26)35)22-6-7-23(27(34)15-22)18-37-19-24-8-10-30(43)40-24/h2-7,9,11-12,15,17,24,36-37,42H,8,10,13-14,16,18-19H2,1H3,(H,40,43)(H,41,44)/t24-/m0/s1. The summed E-state index contributed by atoms with van der Waals surface area (Å²) in [6.45, 7) is 4.30. The summed E-state index contributed by atoms with van der Waals surface area (Å²) >= 11 is 13.6. The number of rotatable bonds is 12. The van der Waals surface area contributed by atoms with Crippen LogP contribution < -0.4 is 21.3 Å². The van der Waals surface area contributed by atoms with E-state index in [4.69, 9.17) is 28.3 Å². The Balaban J connectivity index is 1.30. The lowest BCUT2D eigenvalue weighted by molar-refractivity contribution is -0.119. The molecule has 1 aliphatic rings. The van der Waals surface area contributed by atoms with Crippen molar-refractivity contribution >= 4 is 40.7 Å². The monoisotopic (exact) mass is 632 g/mol. The highest BCUT2D eigenvalue weighted by Crippen LogP contribution is 2.38. The number of nitrogens with zero attached hydrogens (tertiary/aromatic N) is 2. The fourth-order valence-electron chi connectivity index (χ4n) is 5.13. The fourth-order valence-corrected chi connectivity index (χ4v) is 5.70. The average Bonchev–Trinajstić information content (AvgIpc) is 3.44. The molecule has 0 radical (unpaired) electrons. The minimum Gasteiger partial charge on any atom is -0.395 e. The van der Waals surface area contributed by atoms with Crippen LogP contribution in [0.3, 0.4) is 0 Å². The van der Waals surface area contributed by atoms with Gasteiger partial charge in [-0.1, -0.05) is 53.5 Å². The summed E-state index contributed by atoms with van der Waals surface area (Å²) in [4.78, 5) is 33.3. The minimum atomic E-state index is -0.321. The fraction of sp³-hybridized carbons (Fsp3) is 0.273. The van der Waals surface area contributed by atoms with Crippen LogP contribution in [0.1, 0.15) is 40.0 Å². The van der Waals surface area contributed by atoms with Gasteiger partial charge in [0, 0.05) is 72.9 Å². The van der Waals surface area contributed by atoms with Crippen LogP contribution >= 0.6 is 23.2 Å². The molecule has 0 aliphatic carbocycles. The van der Waals surface area contributed by atoms with Crippen LogP contribution in [0, 0.1) is 6.92 Å². The van der Waals surface area contributed by atoms with E-state index in [0.717, 1.165) is 39.8 Å². The first kappa shape index (κ1) is 31.6. The molecule has 2 aromatic heterocycles. The van der Waals surface area contributed by atoms with Gasteiger partial charge in [-0.15, -0.1) is 0 Å². The van der Waals surface area contributed by atoms with Crippen LogP contribution in [-0.4, -0.2) is 52.6 Å². The van der Waals surface area contributed by atoms with Crippen molar-refractivity contribution in [2.75, 3.05) is 25.0 Å². The van der Waals surface area contributed by atoms with Crippen molar-refractivity contribution in [3.05, 3.63) is 99.4 Å². The second-order valence-corrected chi connectivity index (χ2v) is 11.4. The Bertz CT molecular complexity index is 1650. The summed E-state index contributed by atoms with van der Waals surface area (Å²) in [5.74, 6) is -0.223. The Morgan fingerprint density at radius 2 is 1.91 bits per heavy atom. The number of aliphatic hydroxyl groups excluding tert-OH is 1. The number of halogens is 2. The van der Waals surface area contributed by atoms with Gasteiger partial charge in [0.15, 0.2) is 0 Å². The number of carbonyl (C=O) groups is 2. The van der Waals surface area contributed by atoms with Gasteiger partial charge in [0.25, 0.3) is 5.91 Å². The van der Waals surface area contributed by atoms with Crippen molar-refractivity contribution in [2.45, 2.75) is 38.9 Å². The first-order chi connectivity index (χ1) is 21.3. The first-order valence-corrected chi connectivity index (χ1v) is 15.2. The number of aliphatic hydroxyl groups is 1. The van der Waals surface area contributed by atoms with Crippen LogP contribution in [-0.2, 0) is 17.9 Å². The van der Waals surface area contributed by atoms with Crippen LogP contribution in [0.15, 0.2) is 67.0 Å². The molecule has 4 aromatic rings. The molecule has 44 heavy (non-hydrogen) atoms. The smallest absolute Gasteiger partial charge is 0.274 e. The Kier molecular flexibility index (Phi) is 10.6. The molecule has 1 fully saturated rings. The van der Waals surface area contributed by atoms with Crippen LogP contribution in [0.2, 0.25) is 10.0 Å². The number of benzene rings is 2. The van der Waals surface area contributed by atoms with E-state index in [2.05, 4.69) is 31.2 Å². The summed E-state index contributed by atoms with van der Waals surface area (Å²) < 4.78 is 0. The molecule has 2 aromatic carbocycles. The Hall–Kier alpha value is -3.86. The zero-order valence-electron chi connectivity index (χ0n) is 24.3. The first-order valence-electron chi connectivity index (χ1n) is 14.4. The van der Waals surface area contributed by atoms with Crippen molar-refractivity contribution in [3.8, 4) is 22.4 Å². The second-order valence-electron chi connectivity index (χ2n) is 10.6. The highest BCUT2D eigenvalue weighted by atomic mass is 35.5. The van der Waals surface area contributed by atoms with Crippen LogP contribution in [0.4, 0.5) is 5.69 Å². The molecule has 228 valence electrons. The lowest BCUT2D eigenvalue weighted by Gasteiger charge is -2.16.